The van der Waals surface area contributed by atoms with Gasteiger partial charge >= 0.3 is 6.18 Å². The van der Waals surface area contributed by atoms with Crippen LogP contribution in [0.2, 0.25) is 5.02 Å². The van der Waals surface area contributed by atoms with E-state index < -0.39 is 17.6 Å². The minimum Gasteiger partial charge on any atom is -0.490 e. The molecule has 0 aliphatic rings. The fourth-order valence-electron chi connectivity index (χ4n) is 2.02. The van der Waals surface area contributed by atoms with E-state index in [0.29, 0.717) is 10.2 Å². The number of anilines is 1. The number of ether oxygens (including phenoxy) is 1. The average Bonchev–Trinajstić information content (AvgIpc) is 2.49. The first-order valence-electron chi connectivity index (χ1n) is 7.22. The normalized spacial score (nSPS) is 11.5. The fraction of sp³-hybridized carbons (Fsp3) is 0.235. The molecule has 25 heavy (non-hydrogen) atoms. The zero-order chi connectivity index (χ0) is 18.8. The van der Waals surface area contributed by atoms with Crippen LogP contribution in [0.4, 0.5) is 18.9 Å². The van der Waals surface area contributed by atoms with E-state index in [0.717, 1.165) is 18.2 Å². The summed E-state index contributed by atoms with van der Waals surface area (Å²) in [4.78, 5) is 12.5. The van der Waals surface area contributed by atoms with Crippen molar-refractivity contribution in [3.8, 4) is 5.75 Å². The smallest absolute Gasteiger partial charge is 0.416 e. The highest BCUT2D eigenvalue weighted by Gasteiger charge is 2.31. The number of rotatable bonds is 4. The third-order valence-corrected chi connectivity index (χ3v) is 3.91. The number of carbonyl (C=O) groups excluding carboxylic acids is 1. The molecule has 134 valence electrons. The third-order valence-electron chi connectivity index (χ3n) is 3.09. The van der Waals surface area contributed by atoms with Gasteiger partial charge in [0.2, 0.25) is 0 Å². The number of benzene rings is 2. The van der Waals surface area contributed by atoms with Crippen LogP contribution < -0.4 is 10.1 Å². The Morgan fingerprint density at radius 3 is 2.48 bits per heavy atom. The van der Waals surface area contributed by atoms with Gasteiger partial charge in [-0.15, -0.1) is 0 Å². The molecule has 0 aliphatic carbocycles. The van der Waals surface area contributed by atoms with Crippen LogP contribution in [0.5, 0.6) is 5.75 Å². The summed E-state index contributed by atoms with van der Waals surface area (Å²) in [6, 6.07) is 7.56. The molecule has 0 radical (unpaired) electrons. The molecule has 8 heteroatoms. The molecule has 0 heterocycles. The zero-order valence-corrected chi connectivity index (χ0v) is 15.6. The standard InChI is InChI=1S/C17H14BrClF3NO2/c1-9(2)25-15-6-4-11(18)8-12(15)16(24)23-14-7-10(17(20,21)22)3-5-13(14)19/h3-9H,1-2H3,(H,23,24). The lowest BCUT2D eigenvalue weighted by Gasteiger charge is -2.16. The van der Waals surface area contributed by atoms with E-state index in [-0.39, 0.29) is 22.4 Å². The lowest BCUT2D eigenvalue weighted by atomic mass is 10.1. The van der Waals surface area contributed by atoms with Gasteiger partial charge in [0, 0.05) is 4.47 Å². The van der Waals surface area contributed by atoms with Crippen molar-refractivity contribution in [2.24, 2.45) is 0 Å². The van der Waals surface area contributed by atoms with Crippen molar-refractivity contribution < 1.29 is 22.7 Å². The molecule has 0 saturated carbocycles. The van der Waals surface area contributed by atoms with Crippen LogP contribution in [0, 0.1) is 0 Å². The van der Waals surface area contributed by atoms with Crippen molar-refractivity contribution in [2.75, 3.05) is 5.32 Å². The molecular weight excluding hydrogens is 423 g/mol. The fourth-order valence-corrected chi connectivity index (χ4v) is 2.55. The Morgan fingerprint density at radius 1 is 1.20 bits per heavy atom. The minimum atomic E-state index is -4.54. The Bertz CT molecular complexity index is 794. The highest BCUT2D eigenvalue weighted by molar-refractivity contribution is 9.10. The summed E-state index contributed by atoms with van der Waals surface area (Å²) in [7, 11) is 0. The van der Waals surface area contributed by atoms with E-state index >= 15 is 0 Å². The van der Waals surface area contributed by atoms with Gasteiger partial charge in [-0.05, 0) is 50.2 Å². The van der Waals surface area contributed by atoms with Gasteiger partial charge in [-0.3, -0.25) is 4.79 Å². The van der Waals surface area contributed by atoms with E-state index in [4.69, 9.17) is 16.3 Å². The van der Waals surface area contributed by atoms with Gasteiger partial charge in [-0.2, -0.15) is 13.2 Å². The minimum absolute atomic E-state index is 0.00248. The van der Waals surface area contributed by atoms with Crippen LogP contribution in [0.25, 0.3) is 0 Å². The predicted octanol–water partition coefficient (Wildman–Crippen LogP) is 6.16. The number of alkyl halides is 3. The molecule has 0 atom stereocenters. The summed E-state index contributed by atoms with van der Waals surface area (Å²) in [6.45, 7) is 3.60. The van der Waals surface area contributed by atoms with E-state index in [2.05, 4.69) is 21.2 Å². The molecule has 0 aromatic heterocycles. The van der Waals surface area contributed by atoms with Crippen LogP contribution >= 0.6 is 27.5 Å². The Labute approximate surface area is 156 Å². The molecule has 0 spiro atoms. The van der Waals surface area contributed by atoms with Gasteiger partial charge in [0.15, 0.2) is 0 Å². The Kier molecular flexibility index (Phi) is 6.00. The second kappa shape index (κ2) is 7.66. The molecule has 0 bridgehead atoms. The number of amides is 1. The van der Waals surface area contributed by atoms with Gasteiger partial charge in [0.05, 0.1) is 27.9 Å². The van der Waals surface area contributed by atoms with Crippen molar-refractivity contribution in [1.29, 1.82) is 0 Å². The van der Waals surface area contributed by atoms with Crippen molar-refractivity contribution in [1.82, 2.24) is 0 Å². The summed E-state index contributed by atoms with van der Waals surface area (Å²) in [5, 5.41) is 2.41. The molecule has 1 N–H and O–H groups in total. The van der Waals surface area contributed by atoms with Crippen molar-refractivity contribution in [3.63, 3.8) is 0 Å². The second-order valence-corrected chi connectivity index (χ2v) is 6.78. The lowest BCUT2D eigenvalue weighted by molar-refractivity contribution is -0.137. The predicted molar refractivity (Wildman–Crippen MR) is 94.3 cm³/mol. The zero-order valence-electron chi connectivity index (χ0n) is 13.2. The maximum atomic E-state index is 12.8. The molecule has 0 unspecified atom stereocenters. The van der Waals surface area contributed by atoms with E-state index in [1.807, 2.05) is 0 Å². The summed E-state index contributed by atoms with van der Waals surface area (Å²) >= 11 is 9.17. The van der Waals surface area contributed by atoms with Gasteiger partial charge in [0.25, 0.3) is 5.91 Å². The van der Waals surface area contributed by atoms with Gasteiger partial charge in [0.1, 0.15) is 5.75 Å². The summed E-state index contributed by atoms with van der Waals surface area (Å²) in [5.74, 6) is -0.308. The average molecular weight is 437 g/mol. The molecule has 3 nitrogen and oxygen atoms in total. The lowest BCUT2D eigenvalue weighted by Crippen LogP contribution is -2.16. The molecule has 0 fully saturated rings. The molecule has 2 rings (SSSR count). The summed E-state index contributed by atoms with van der Waals surface area (Å²) < 4.78 is 44.7. The first kappa shape index (κ1) is 19.6. The van der Waals surface area contributed by atoms with Gasteiger partial charge in [-0.25, -0.2) is 0 Å². The SMILES string of the molecule is CC(C)Oc1ccc(Br)cc1C(=O)Nc1cc(C(F)(F)F)ccc1Cl. The molecule has 0 saturated heterocycles. The monoisotopic (exact) mass is 435 g/mol. The molecule has 2 aromatic carbocycles. The summed E-state index contributed by atoms with van der Waals surface area (Å²) in [6.07, 6.45) is -4.71. The molecule has 2 aromatic rings. The first-order valence-corrected chi connectivity index (χ1v) is 8.39. The topological polar surface area (TPSA) is 38.3 Å². The second-order valence-electron chi connectivity index (χ2n) is 5.45. The highest BCUT2D eigenvalue weighted by Crippen LogP contribution is 2.34. The number of carbonyl (C=O) groups is 1. The van der Waals surface area contributed by atoms with Crippen LogP contribution in [-0.4, -0.2) is 12.0 Å². The largest absolute Gasteiger partial charge is 0.490 e. The van der Waals surface area contributed by atoms with E-state index in [1.165, 1.54) is 6.07 Å². The third kappa shape index (κ3) is 5.12. The number of hydrogen-bond acceptors (Lipinski definition) is 2. The maximum absolute atomic E-state index is 12.8. The molecule has 0 aliphatic heterocycles. The maximum Gasteiger partial charge on any atom is 0.416 e. The van der Waals surface area contributed by atoms with Crippen LogP contribution in [-0.2, 0) is 6.18 Å². The Morgan fingerprint density at radius 2 is 1.88 bits per heavy atom. The Balaban J connectivity index is 2.36. The Hall–Kier alpha value is -1.73. The van der Waals surface area contributed by atoms with Gasteiger partial charge in [-0.1, -0.05) is 27.5 Å². The quantitative estimate of drug-likeness (QED) is 0.623. The van der Waals surface area contributed by atoms with E-state index in [1.54, 1.807) is 26.0 Å². The number of hydrogen-bond donors (Lipinski definition) is 1. The number of halogens is 5. The van der Waals surface area contributed by atoms with Crippen molar-refractivity contribution in [3.05, 3.63) is 57.0 Å². The van der Waals surface area contributed by atoms with Gasteiger partial charge < -0.3 is 10.1 Å². The van der Waals surface area contributed by atoms with E-state index in [9.17, 15) is 18.0 Å². The van der Waals surface area contributed by atoms with Crippen molar-refractivity contribution >= 4 is 39.1 Å². The molecular formula is C17H14BrClF3NO2. The summed E-state index contributed by atoms with van der Waals surface area (Å²) in [5.41, 5.74) is -0.853. The highest BCUT2D eigenvalue weighted by atomic mass is 79.9. The first-order chi connectivity index (χ1) is 11.6. The van der Waals surface area contributed by atoms with Crippen molar-refractivity contribution in [2.45, 2.75) is 26.1 Å². The van der Waals surface area contributed by atoms with Crippen LogP contribution in [0.3, 0.4) is 0 Å². The molecule has 1 amide bonds. The van der Waals surface area contributed by atoms with Crippen LogP contribution in [0.15, 0.2) is 40.9 Å². The number of nitrogens with one attached hydrogen (secondary N) is 1. The van der Waals surface area contributed by atoms with Crippen LogP contribution in [0.1, 0.15) is 29.8 Å².